The Kier molecular flexibility index (Phi) is 28.2. The summed E-state index contributed by atoms with van der Waals surface area (Å²) >= 11 is 0. The van der Waals surface area contributed by atoms with Crippen LogP contribution in [0.3, 0.4) is 0 Å². The Labute approximate surface area is 380 Å². The zero-order valence-corrected chi connectivity index (χ0v) is 36.7. The summed E-state index contributed by atoms with van der Waals surface area (Å²) in [6, 6.07) is 3.36. The minimum absolute atomic E-state index is 0.0172. The molecule has 366 valence electrons. The highest BCUT2D eigenvalue weighted by Crippen LogP contribution is 2.09. The zero-order chi connectivity index (χ0) is 48.4. The Morgan fingerprint density at radius 3 is 2.03 bits per heavy atom. The quantitative estimate of drug-likeness (QED) is 0.00944. The first-order valence-electron chi connectivity index (χ1n) is 21.2. The van der Waals surface area contributed by atoms with E-state index in [1.54, 1.807) is 30.3 Å². The second-order valence-electron chi connectivity index (χ2n) is 14.3. The van der Waals surface area contributed by atoms with Crippen LogP contribution < -0.4 is 48.8 Å². The third kappa shape index (κ3) is 26.1. The van der Waals surface area contributed by atoms with E-state index in [2.05, 4.69) is 52.3 Å². The Balaban J connectivity index is 1.91. The number of benzene rings is 1. The van der Waals surface area contributed by atoms with Crippen molar-refractivity contribution in [1.29, 1.82) is 0 Å². The lowest BCUT2D eigenvalue weighted by Crippen LogP contribution is -2.59. The van der Waals surface area contributed by atoms with Crippen molar-refractivity contribution in [2.45, 2.75) is 69.6 Å². The van der Waals surface area contributed by atoms with Crippen LogP contribution in [0.15, 0.2) is 40.4 Å². The number of carboxylic acids is 1. The van der Waals surface area contributed by atoms with Gasteiger partial charge in [0.05, 0.1) is 72.4 Å². The molecule has 1 fully saturated rings. The largest absolute Gasteiger partial charge is 0.481 e. The molecule has 8 amide bonds. The number of hydrogen-bond acceptors (Lipinski definition) is 14. The number of azide groups is 1. The van der Waals surface area contributed by atoms with Gasteiger partial charge >= 0.3 is 12.0 Å². The number of nitrogens with zero attached hydrogens (tertiary/aromatic N) is 5. The second-order valence-corrected chi connectivity index (χ2v) is 14.3. The molecule has 0 spiro atoms. The van der Waals surface area contributed by atoms with Crippen LogP contribution in [0, 0.1) is 0 Å². The lowest BCUT2D eigenvalue weighted by Gasteiger charge is -2.28. The molecule has 0 aliphatic carbocycles. The normalized spacial score (nSPS) is 17.0. The number of aliphatic imine (C=N–C) groups is 1. The van der Waals surface area contributed by atoms with E-state index in [0.29, 0.717) is 44.8 Å². The van der Waals surface area contributed by atoms with Crippen LogP contribution in [0.25, 0.3) is 10.4 Å². The molecule has 66 heavy (non-hydrogen) atoms. The molecular weight excluding hydrogens is 873 g/mol. The van der Waals surface area contributed by atoms with E-state index in [4.69, 9.17) is 35.9 Å². The highest BCUT2D eigenvalue weighted by Gasteiger charge is 2.32. The molecule has 3 atom stereocenters. The van der Waals surface area contributed by atoms with E-state index >= 15 is 0 Å². The number of ether oxygens (including phenoxy) is 4. The maximum absolute atomic E-state index is 13.9. The summed E-state index contributed by atoms with van der Waals surface area (Å²) in [5, 5.41) is 28.7. The highest BCUT2D eigenvalue weighted by molar-refractivity contribution is 5.96. The lowest BCUT2D eigenvalue weighted by molar-refractivity contribution is -0.141. The van der Waals surface area contributed by atoms with Gasteiger partial charge in [-0.2, -0.15) is 0 Å². The fourth-order valence-corrected chi connectivity index (χ4v) is 5.73. The topological polar surface area (TPSA) is 394 Å². The van der Waals surface area contributed by atoms with Crippen molar-refractivity contribution < 1.29 is 62.4 Å². The number of nitrogens with one attached hydrogen (secondary N) is 7. The fourth-order valence-electron chi connectivity index (χ4n) is 5.73. The maximum Gasteiger partial charge on any atom is 0.337 e. The molecule has 0 aromatic heterocycles. The first kappa shape index (κ1) is 55.3. The van der Waals surface area contributed by atoms with Crippen LogP contribution in [0.1, 0.15) is 50.5 Å². The van der Waals surface area contributed by atoms with Crippen molar-refractivity contribution in [2.75, 3.05) is 85.6 Å². The van der Waals surface area contributed by atoms with Gasteiger partial charge in [0.15, 0.2) is 5.96 Å². The average molecular weight is 935 g/mol. The van der Waals surface area contributed by atoms with Crippen LogP contribution in [0.5, 0.6) is 0 Å². The van der Waals surface area contributed by atoms with Crippen LogP contribution in [-0.4, -0.2) is 167 Å². The molecule has 1 saturated heterocycles. The van der Waals surface area contributed by atoms with Crippen molar-refractivity contribution >= 4 is 53.4 Å². The predicted octanol–water partition coefficient (Wildman–Crippen LogP) is -2.60. The van der Waals surface area contributed by atoms with Gasteiger partial charge < -0.3 is 67.4 Å². The summed E-state index contributed by atoms with van der Waals surface area (Å²) in [5.41, 5.74) is 21.9. The average Bonchev–Trinajstić information content (AvgIpc) is 3.28. The second kappa shape index (κ2) is 33.7. The number of urea groups is 1. The molecule has 0 radical (unpaired) electrons. The summed E-state index contributed by atoms with van der Waals surface area (Å²) in [5.74, 6) is -5.77. The monoisotopic (exact) mass is 934 g/mol. The van der Waals surface area contributed by atoms with Crippen molar-refractivity contribution in [2.24, 2.45) is 21.6 Å². The molecule has 1 aliphatic rings. The molecule has 1 aromatic carbocycles. The third-order valence-electron chi connectivity index (χ3n) is 9.00. The van der Waals surface area contributed by atoms with Gasteiger partial charge in [0.25, 0.3) is 5.91 Å². The molecule has 27 nitrogen and oxygen atoms in total. The van der Waals surface area contributed by atoms with E-state index in [9.17, 15) is 43.5 Å². The van der Waals surface area contributed by atoms with Gasteiger partial charge in [-0.05, 0) is 43.2 Å². The Morgan fingerprint density at radius 1 is 0.758 bits per heavy atom. The highest BCUT2D eigenvalue weighted by atomic mass is 16.6. The number of rotatable bonds is 30. The van der Waals surface area contributed by atoms with E-state index in [0.717, 1.165) is 5.01 Å². The summed E-state index contributed by atoms with van der Waals surface area (Å²) in [6.07, 6.45) is 0.171. The van der Waals surface area contributed by atoms with Crippen LogP contribution in [-0.2, 0) is 59.1 Å². The van der Waals surface area contributed by atoms with Crippen molar-refractivity contribution in [3.05, 3.63) is 46.3 Å². The number of unbranched alkanes of at least 4 members (excludes halogenated alkanes) is 1. The number of guanidine groups is 1. The van der Waals surface area contributed by atoms with E-state index in [1.807, 2.05) is 0 Å². The number of amides is 8. The van der Waals surface area contributed by atoms with Crippen molar-refractivity contribution in [1.82, 2.24) is 42.3 Å². The van der Waals surface area contributed by atoms with E-state index in [1.165, 1.54) is 0 Å². The third-order valence-corrected chi connectivity index (χ3v) is 9.00. The first-order valence-corrected chi connectivity index (χ1v) is 21.2. The van der Waals surface area contributed by atoms with Gasteiger partial charge in [-0.15, -0.1) is 0 Å². The molecule has 0 bridgehead atoms. The molecule has 1 aromatic rings. The number of carbonyl (C=O) groups is 8. The van der Waals surface area contributed by atoms with Gasteiger partial charge in [-0.1, -0.05) is 35.4 Å². The number of nitrogens with two attached hydrogens (primary N) is 2. The molecule has 2 rings (SSSR count). The van der Waals surface area contributed by atoms with Gasteiger partial charge in [0, 0.05) is 31.0 Å². The van der Waals surface area contributed by atoms with Gasteiger partial charge in [-0.3, -0.25) is 44.0 Å². The number of carbonyl (C=O) groups excluding carboxylic acids is 7. The minimum Gasteiger partial charge on any atom is -0.481 e. The van der Waals surface area contributed by atoms with E-state index < -0.39 is 72.6 Å². The molecule has 1 heterocycles. The maximum atomic E-state index is 13.9. The molecule has 1 aliphatic heterocycles. The SMILES string of the molecule is [N-]=[N+]=NCC(=O)NCCOCCOCCOCCOCCC(=O)NCCCC[C@@H]1NC(=O)N(Cc2ccccc2)NC(=O)[C@H](CC(=O)O)NC(=O)CNC(=O)[C@H](CCCN=C(N)N)NC1=O. The fraction of sp³-hybridized carbons (Fsp3) is 0.615. The Morgan fingerprint density at radius 2 is 1.38 bits per heavy atom. The summed E-state index contributed by atoms with van der Waals surface area (Å²) in [7, 11) is 0. The van der Waals surface area contributed by atoms with E-state index in [-0.39, 0.29) is 96.7 Å². The Hall–Kier alpha value is -6.80. The standard InChI is InChI=1S/C39H62N14O13/c40-38(41)45-13-6-10-28-35(59)46-24-33(56)48-30(23-34(57)58)37(61)51-53(26-27-7-2-1-3-8-27)39(62)50-29(36(60)49-28)9-4-5-12-43-31(54)11-15-63-17-19-65-21-22-66-20-18-64-16-14-44-32(55)25-47-52-42/h1-3,7-8,28-30H,4-6,9-26H2,(H,43,54)(H,44,55)(H,46,59)(H,48,56)(H,49,60)(H,50,62)(H,51,61)(H,57,58)(H4,40,41,45)/t28-,29-,30-/m0/s1. The summed E-state index contributed by atoms with van der Waals surface area (Å²) < 4.78 is 21.6. The lowest BCUT2D eigenvalue weighted by atomic mass is 10.1. The van der Waals surface area contributed by atoms with Crippen LogP contribution >= 0.6 is 0 Å². The molecule has 12 N–H and O–H groups in total. The molecule has 0 unspecified atom stereocenters. The Bertz CT molecular complexity index is 1780. The molecule has 27 heteroatoms. The predicted molar refractivity (Wildman–Crippen MR) is 233 cm³/mol. The number of hydrogen-bond donors (Lipinski definition) is 10. The zero-order valence-electron chi connectivity index (χ0n) is 36.7. The minimum atomic E-state index is -1.65. The number of carboxylic acid groups (broad SMARTS) is 1. The van der Waals surface area contributed by atoms with Crippen molar-refractivity contribution in [3.63, 3.8) is 0 Å². The number of aliphatic carboxylic acids is 1. The number of hydrazine groups is 1. The molecule has 0 saturated carbocycles. The summed E-state index contributed by atoms with van der Waals surface area (Å²) in [6.45, 7) is 1.70. The molecular formula is C39H62N14O13. The summed E-state index contributed by atoms with van der Waals surface area (Å²) in [4.78, 5) is 109. The smallest absolute Gasteiger partial charge is 0.337 e. The van der Waals surface area contributed by atoms with Crippen LogP contribution in [0.4, 0.5) is 4.79 Å². The van der Waals surface area contributed by atoms with Crippen LogP contribution in [0.2, 0.25) is 0 Å². The first-order chi connectivity index (χ1) is 31.8. The van der Waals surface area contributed by atoms with Gasteiger partial charge in [0.1, 0.15) is 24.7 Å². The van der Waals surface area contributed by atoms with Gasteiger partial charge in [-0.25, -0.2) is 9.80 Å². The van der Waals surface area contributed by atoms with Crippen molar-refractivity contribution in [3.8, 4) is 0 Å². The van der Waals surface area contributed by atoms with Gasteiger partial charge in [0.2, 0.25) is 29.5 Å².